The third kappa shape index (κ3) is 8.35. The number of hydrogen-bond donors (Lipinski definition) is 1. The predicted octanol–water partition coefficient (Wildman–Crippen LogP) is -2.42. The fraction of sp³-hybridized carbons (Fsp3) is 0.600. The second kappa shape index (κ2) is 10.5. The van der Waals surface area contributed by atoms with E-state index in [0.29, 0.717) is 0 Å². The Balaban J connectivity index is 2.11. The van der Waals surface area contributed by atoms with E-state index in [1.165, 1.54) is 12.3 Å². The number of nitrogen functional groups attached to an aromatic ring is 1. The van der Waals surface area contributed by atoms with Gasteiger partial charge in [-0.3, -0.25) is 18.0 Å². The number of hydrogen-bond acceptors (Lipinski definition) is 16. The number of aromatic nitrogens is 2. The van der Waals surface area contributed by atoms with Gasteiger partial charge in [0.15, 0.2) is 0 Å². The highest BCUT2D eigenvalue weighted by Crippen LogP contribution is 2.60. The molecular formula is C10H13N6O13P3-4. The predicted molar refractivity (Wildman–Crippen MR) is 91.3 cm³/mol. The minimum atomic E-state index is -6.14. The molecule has 1 aromatic rings. The molecule has 1 aliphatic heterocycles. The van der Waals surface area contributed by atoms with Crippen LogP contribution in [0.4, 0.5) is 5.82 Å². The van der Waals surface area contributed by atoms with E-state index in [2.05, 4.69) is 28.2 Å². The maximum absolute atomic E-state index is 12.0. The number of anilines is 1. The van der Waals surface area contributed by atoms with Gasteiger partial charge in [-0.25, -0.2) is 9.11 Å². The molecule has 1 aromatic heterocycles. The van der Waals surface area contributed by atoms with E-state index in [1.807, 2.05) is 0 Å². The molecule has 0 bridgehead atoms. The first-order valence-corrected chi connectivity index (χ1v) is 12.4. The first-order chi connectivity index (χ1) is 14.7. The van der Waals surface area contributed by atoms with Crippen LogP contribution in [-0.2, 0) is 36.3 Å². The largest absolute Gasteiger partial charge is 0.790 e. The molecule has 2 heterocycles. The average Bonchev–Trinajstić information content (AvgIpc) is 3.00. The quantitative estimate of drug-likeness (QED) is 0.138. The van der Waals surface area contributed by atoms with Crippen LogP contribution < -0.4 is 31.0 Å². The van der Waals surface area contributed by atoms with E-state index in [0.717, 1.165) is 4.57 Å². The number of azide groups is 1. The van der Waals surface area contributed by atoms with E-state index in [1.54, 1.807) is 0 Å². The molecular weight excluding hydrogens is 505 g/mol. The van der Waals surface area contributed by atoms with Crippen LogP contribution in [0.1, 0.15) is 12.6 Å². The highest BCUT2D eigenvalue weighted by atomic mass is 31.3. The molecule has 0 aliphatic carbocycles. The molecule has 2 N–H and O–H groups in total. The normalized spacial score (nSPS) is 24.9. The highest BCUT2D eigenvalue weighted by Gasteiger charge is 2.38. The summed E-state index contributed by atoms with van der Waals surface area (Å²) < 4.78 is 55.8. The Bertz CT molecular complexity index is 1070. The number of rotatable bonds is 11. The minimum absolute atomic E-state index is 0.0744. The Morgan fingerprint density at radius 1 is 1.28 bits per heavy atom. The van der Waals surface area contributed by atoms with Gasteiger partial charge in [0.05, 0.1) is 20.5 Å². The van der Waals surface area contributed by atoms with Crippen LogP contribution in [0, 0.1) is 0 Å². The van der Waals surface area contributed by atoms with Crippen LogP contribution in [-0.4, -0.2) is 35.1 Å². The van der Waals surface area contributed by atoms with E-state index in [9.17, 15) is 38.1 Å². The topological polar surface area (TPSA) is 299 Å². The van der Waals surface area contributed by atoms with Gasteiger partial charge in [-0.15, -0.1) is 0 Å². The van der Waals surface area contributed by atoms with Gasteiger partial charge in [-0.05, 0) is 11.6 Å². The van der Waals surface area contributed by atoms with E-state index < -0.39 is 60.9 Å². The fourth-order valence-electron chi connectivity index (χ4n) is 2.44. The van der Waals surface area contributed by atoms with Crippen molar-refractivity contribution in [2.75, 3.05) is 19.1 Å². The molecule has 32 heavy (non-hydrogen) atoms. The van der Waals surface area contributed by atoms with Gasteiger partial charge >= 0.3 is 5.69 Å². The maximum Gasteiger partial charge on any atom is 0.351 e. The lowest BCUT2D eigenvalue weighted by Gasteiger charge is -2.37. The summed E-state index contributed by atoms with van der Waals surface area (Å²) in [6, 6.07) is 1.28. The van der Waals surface area contributed by atoms with Gasteiger partial charge in [-0.2, -0.15) is 4.98 Å². The van der Waals surface area contributed by atoms with Gasteiger partial charge in [-0.1, -0.05) is 5.11 Å². The second-order valence-corrected chi connectivity index (χ2v) is 10.0. The summed E-state index contributed by atoms with van der Waals surface area (Å²) in [4.78, 5) is 61.5. The molecule has 180 valence electrons. The smallest absolute Gasteiger partial charge is 0.351 e. The summed E-state index contributed by atoms with van der Waals surface area (Å²) in [5.74, 6) is -0.0744. The van der Waals surface area contributed by atoms with Crippen LogP contribution in [0.15, 0.2) is 22.2 Å². The SMILES string of the molecule is [N-]=[N+]=NCO[C@H]1C[C@@H](n2ccc(N)nc2=O)O[C@H]1COP(=O)([O-])OP(=O)([O-])OP(=O)([O-])[O-]. The summed E-state index contributed by atoms with van der Waals surface area (Å²) in [5.41, 5.74) is 12.9. The van der Waals surface area contributed by atoms with E-state index >= 15 is 0 Å². The molecule has 0 amide bonds. The Labute approximate surface area is 177 Å². The first-order valence-electron chi connectivity index (χ1n) is 8.05. The second-order valence-electron chi connectivity index (χ2n) is 5.77. The van der Waals surface area contributed by atoms with Gasteiger partial charge < -0.3 is 43.9 Å². The zero-order valence-corrected chi connectivity index (χ0v) is 18.2. The van der Waals surface area contributed by atoms with E-state index in [4.69, 9.17) is 20.7 Å². The van der Waals surface area contributed by atoms with Crippen LogP contribution in [0.2, 0.25) is 0 Å². The molecule has 1 fully saturated rings. The van der Waals surface area contributed by atoms with Gasteiger partial charge in [0.25, 0.3) is 15.6 Å². The van der Waals surface area contributed by atoms with Crippen molar-refractivity contribution in [1.82, 2.24) is 9.55 Å². The zero-order chi connectivity index (χ0) is 24.2. The van der Waals surface area contributed by atoms with Crippen molar-refractivity contribution in [3.63, 3.8) is 0 Å². The third-order valence-corrected chi connectivity index (χ3v) is 7.21. The summed E-state index contributed by atoms with van der Waals surface area (Å²) >= 11 is 0. The lowest BCUT2D eigenvalue weighted by molar-refractivity contribution is -0.339. The van der Waals surface area contributed by atoms with Crippen molar-refractivity contribution >= 4 is 29.3 Å². The molecule has 2 unspecified atom stereocenters. The molecule has 1 saturated heterocycles. The van der Waals surface area contributed by atoms with Crippen LogP contribution >= 0.6 is 23.5 Å². The Hall–Kier alpha value is -1.68. The average molecular weight is 518 g/mol. The monoisotopic (exact) mass is 518 g/mol. The molecule has 19 nitrogen and oxygen atoms in total. The number of phosphoric acid groups is 3. The summed E-state index contributed by atoms with van der Waals surface area (Å²) in [5, 5.41) is 3.13. The van der Waals surface area contributed by atoms with Crippen molar-refractivity contribution in [2.24, 2.45) is 5.11 Å². The number of ether oxygens (including phenoxy) is 2. The van der Waals surface area contributed by atoms with Crippen molar-refractivity contribution in [3.8, 4) is 0 Å². The maximum atomic E-state index is 12.0. The van der Waals surface area contributed by atoms with Crippen molar-refractivity contribution in [3.05, 3.63) is 33.2 Å². The Morgan fingerprint density at radius 3 is 2.56 bits per heavy atom. The highest BCUT2D eigenvalue weighted by molar-refractivity contribution is 7.64. The number of nitrogens with zero attached hydrogens (tertiary/aromatic N) is 5. The zero-order valence-electron chi connectivity index (χ0n) is 15.5. The summed E-state index contributed by atoms with van der Waals surface area (Å²) in [6.07, 6.45) is -2.24. The van der Waals surface area contributed by atoms with Gasteiger partial charge in [0.2, 0.25) is 0 Å². The molecule has 1 aliphatic rings. The summed E-state index contributed by atoms with van der Waals surface area (Å²) in [6.45, 7) is -1.47. The van der Waals surface area contributed by atoms with Crippen LogP contribution in [0.25, 0.3) is 10.4 Å². The Morgan fingerprint density at radius 2 is 1.97 bits per heavy atom. The fourth-order valence-corrected chi connectivity index (χ4v) is 5.31. The summed E-state index contributed by atoms with van der Waals surface area (Å²) in [7, 11) is -18.1. The number of phosphoric ester groups is 1. The lowest BCUT2D eigenvalue weighted by atomic mass is 10.2. The van der Waals surface area contributed by atoms with Crippen molar-refractivity contribution < 1.29 is 55.9 Å². The molecule has 0 aromatic carbocycles. The van der Waals surface area contributed by atoms with E-state index in [-0.39, 0.29) is 12.2 Å². The first kappa shape index (κ1) is 26.6. The standard InChI is InChI=1S/C10H17N6O13P3/c11-8-1-2-16(10(17)14-8)9-3-6(25-5-13-15-12)7(27-9)4-26-31(21,22)29-32(23,24)28-30(18,19)20/h1-2,6-7,9H,3-5H2,(H,21,22)(H,23,24)(H2,11,14,17)(H2,18,19,20)/p-4/t6-,7-,9-/m0/s1. The minimum Gasteiger partial charge on any atom is -0.790 e. The van der Waals surface area contributed by atoms with Crippen molar-refractivity contribution in [1.29, 1.82) is 0 Å². The van der Waals surface area contributed by atoms with Gasteiger partial charge in [0.1, 0.15) is 24.9 Å². The van der Waals surface area contributed by atoms with Crippen molar-refractivity contribution in [2.45, 2.75) is 24.9 Å². The lowest BCUT2D eigenvalue weighted by Crippen LogP contribution is -2.30. The molecule has 0 saturated carbocycles. The van der Waals surface area contributed by atoms with Crippen LogP contribution in [0.3, 0.4) is 0 Å². The molecule has 0 spiro atoms. The molecule has 2 rings (SSSR count). The third-order valence-electron chi connectivity index (χ3n) is 3.55. The Kier molecular flexibility index (Phi) is 8.72. The molecule has 5 atom stereocenters. The molecule has 0 radical (unpaired) electrons. The molecule has 22 heteroatoms. The van der Waals surface area contributed by atoms with Crippen LogP contribution in [0.5, 0.6) is 0 Å². The van der Waals surface area contributed by atoms with Gasteiger partial charge in [0, 0.05) is 17.5 Å². The number of nitrogens with two attached hydrogens (primary N) is 1.